The topological polar surface area (TPSA) is 67.4 Å². The van der Waals surface area contributed by atoms with Gasteiger partial charge in [-0.25, -0.2) is 0 Å². The average molecular weight is 643 g/mol. The Labute approximate surface area is 267 Å². The number of ether oxygens (including phenoxy) is 1. The second-order valence-corrected chi connectivity index (χ2v) is 15.4. The van der Waals surface area contributed by atoms with Crippen molar-refractivity contribution in [1.82, 2.24) is 10.6 Å². The van der Waals surface area contributed by atoms with Crippen molar-refractivity contribution in [3.05, 3.63) is 29.6 Å². The first-order valence-electron chi connectivity index (χ1n) is 16.0. The molecule has 0 aromatic rings. The zero-order chi connectivity index (χ0) is 29.5. The van der Waals surface area contributed by atoms with E-state index >= 15 is 0 Å². The van der Waals surface area contributed by atoms with Gasteiger partial charge in [-0.15, -0.1) is 0 Å². The number of carbonyl (C=O) groups excluding carboxylic acids is 2. The van der Waals surface area contributed by atoms with Gasteiger partial charge in [-0.2, -0.15) is 0 Å². The summed E-state index contributed by atoms with van der Waals surface area (Å²) in [5.41, 5.74) is 0. The maximum absolute atomic E-state index is 12.9. The van der Waals surface area contributed by atoms with Crippen molar-refractivity contribution in [3.8, 4) is 0 Å². The quantitative estimate of drug-likeness (QED) is 0.102. The van der Waals surface area contributed by atoms with Crippen LogP contribution >= 0.6 is 47.0 Å². The number of rotatable bonds is 24. The molecule has 0 aromatic carbocycles. The van der Waals surface area contributed by atoms with Gasteiger partial charge in [0.1, 0.15) is 12.6 Å². The summed E-state index contributed by atoms with van der Waals surface area (Å²) in [5.74, 6) is -0.257. The van der Waals surface area contributed by atoms with E-state index in [1.165, 1.54) is 91.9 Å². The van der Waals surface area contributed by atoms with E-state index in [1.54, 1.807) is 47.0 Å². The third-order valence-corrected chi connectivity index (χ3v) is 12.5. The second-order valence-electron chi connectivity index (χ2n) is 11.1. The third-order valence-electron chi connectivity index (χ3n) is 7.46. The summed E-state index contributed by atoms with van der Waals surface area (Å²) < 4.78 is 8.26. The van der Waals surface area contributed by atoms with Crippen LogP contribution in [0, 0.1) is 5.92 Å². The van der Waals surface area contributed by atoms with Crippen molar-refractivity contribution < 1.29 is 14.3 Å². The molecule has 0 saturated heterocycles. The molecule has 5 nitrogen and oxygen atoms in total. The number of thioether (sulfide) groups is 4. The molecule has 2 rings (SSSR count). The van der Waals surface area contributed by atoms with Crippen LogP contribution in [0.15, 0.2) is 29.6 Å². The lowest BCUT2D eigenvalue weighted by atomic mass is 9.98. The van der Waals surface area contributed by atoms with E-state index < -0.39 is 6.04 Å². The minimum Gasteiger partial charge on any atom is -0.366 e. The highest BCUT2D eigenvalue weighted by atomic mass is 32.2. The molecule has 0 spiro atoms. The Kier molecular flexibility index (Phi) is 21.4. The number of hydrogen-bond acceptors (Lipinski definition) is 7. The molecule has 2 N–H and O–H groups in total. The highest BCUT2D eigenvalue weighted by molar-refractivity contribution is 8.33. The van der Waals surface area contributed by atoms with E-state index in [-0.39, 0.29) is 24.3 Å². The van der Waals surface area contributed by atoms with E-state index in [9.17, 15) is 9.59 Å². The highest BCUT2D eigenvalue weighted by Crippen LogP contribution is 2.53. The summed E-state index contributed by atoms with van der Waals surface area (Å²) in [6.07, 6.45) is 20.7. The van der Waals surface area contributed by atoms with Crippen LogP contribution in [0.25, 0.3) is 0 Å². The lowest BCUT2D eigenvalue weighted by molar-refractivity contribution is -0.132. The van der Waals surface area contributed by atoms with Gasteiger partial charge in [0.15, 0.2) is 0 Å². The molecule has 9 heteroatoms. The minimum absolute atomic E-state index is 0.0429. The third kappa shape index (κ3) is 16.8. The van der Waals surface area contributed by atoms with Crippen molar-refractivity contribution >= 4 is 58.9 Å². The van der Waals surface area contributed by atoms with Gasteiger partial charge >= 0.3 is 0 Å². The Morgan fingerprint density at radius 1 is 0.780 bits per heavy atom. The zero-order valence-corrected chi connectivity index (χ0v) is 28.9. The maximum Gasteiger partial charge on any atom is 0.246 e. The van der Waals surface area contributed by atoms with Gasteiger partial charge in [0.05, 0.1) is 15.1 Å². The Balaban J connectivity index is 1.48. The van der Waals surface area contributed by atoms with Crippen LogP contribution < -0.4 is 10.6 Å². The van der Waals surface area contributed by atoms with Gasteiger partial charge in [0.2, 0.25) is 11.8 Å². The molecule has 0 bridgehead atoms. The van der Waals surface area contributed by atoms with Crippen molar-refractivity contribution in [2.24, 2.45) is 5.92 Å². The molecule has 2 amide bonds. The van der Waals surface area contributed by atoms with E-state index in [1.807, 2.05) is 13.8 Å². The predicted octanol–water partition coefficient (Wildman–Crippen LogP) is 9.92. The monoisotopic (exact) mass is 642 g/mol. The van der Waals surface area contributed by atoms with E-state index in [4.69, 9.17) is 4.74 Å². The molecule has 0 aliphatic carbocycles. The first-order chi connectivity index (χ1) is 20.0. The fourth-order valence-corrected chi connectivity index (χ4v) is 9.14. The van der Waals surface area contributed by atoms with Crippen LogP contribution in [0.2, 0.25) is 0 Å². The first kappa shape index (κ1) is 36.7. The van der Waals surface area contributed by atoms with Crippen LogP contribution in [0.1, 0.15) is 124 Å². The Morgan fingerprint density at radius 2 is 1.34 bits per heavy atom. The van der Waals surface area contributed by atoms with Crippen LogP contribution in [-0.2, 0) is 14.3 Å². The molecular weight excluding hydrogens is 589 g/mol. The molecule has 0 unspecified atom stereocenters. The number of unbranched alkanes of at least 4 members (excludes halogenated alkanes) is 14. The Bertz CT molecular complexity index is 837. The van der Waals surface area contributed by atoms with Crippen molar-refractivity contribution in [1.29, 1.82) is 0 Å². The van der Waals surface area contributed by atoms with Gasteiger partial charge in [0.25, 0.3) is 0 Å². The normalized spacial score (nSPS) is 16.2. The SMILES string of the molecule is CCCCCCCCCCCCCCCCCNC(=O)[C@@H](NC(=O)COCC1=CSC(=C2SC=CS2)S1)[C@@H](C)CC. The number of nitrogens with one attached hydrogen (secondary N) is 2. The largest absolute Gasteiger partial charge is 0.366 e. The fraction of sp³-hybridized carbons (Fsp3) is 0.750. The van der Waals surface area contributed by atoms with Crippen molar-refractivity contribution in [3.63, 3.8) is 0 Å². The van der Waals surface area contributed by atoms with Gasteiger partial charge in [0, 0.05) is 11.4 Å². The van der Waals surface area contributed by atoms with E-state index in [2.05, 4.69) is 33.8 Å². The molecule has 0 radical (unpaired) electrons. The highest BCUT2D eigenvalue weighted by Gasteiger charge is 2.26. The molecule has 41 heavy (non-hydrogen) atoms. The van der Waals surface area contributed by atoms with E-state index in [0.29, 0.717) is 13.2 Å². The van der Waals surface area contributed by atoms with Gasteiger partial charge in [-0.1, -0.05) is 164 Å². The molecule has 0 saturated carbocycles. The minimum atomic E-state index is -0.525. The van der Waals surface area contributed by atoms with Gasteiger partial charge in [-0.3, -0.25) is 9.59 Å². The molecule has 2 atom stereocenters. The lowest BCUT2D eigenvalue weighted by Gasteiger charge is -2.23. The van der Waals surface area contributed by atoms with Crippen LogP contribution in [0.5, 0.6) is 0 Å². The summed E-state index contributed by atoms with van der Waals surface area (Å²) in [6, 6.07) is -0.525. The number of hydrogen-bond donors (Lipinski definition) is 2. The summed E-state index contributed by atoms with van der Waals surface area (Å²) in [6.45, 7) is 7.37. The Hall–Kier alpha value is -0.480. The molecule has 2 aliphatic heterocycles. The predicted molar refractivity (Wildman–Crippen MR) is 185 cm³/mol. The summed E-state index contributed by atoms with van der Waals surface area (Å²) in [5, 5.41) is 12.3. The van der Waals surface area contributed by atoms with Crippen molar-refractivity contribution in [2.75, 3.05) is 19.8 Å². The molecule has 2 aliphatic rings. The standard InChI is InChI=1S/C32H54N2O3S4/c1-4-6-7-8-9-10-11-12-13-14-15-16-17-18-19-20-33-30(36)29(26(3)5-2)34-28(35)24-37-23-27-25-40-32(41-27)31-38-21-22-39-31/h21-22,25-26,29H,4-20,23-24H2,1-3H3,(H,33,36)(H,34,35)/t26-,29-/m0/s1. The second kappa shape index (κ2) is 23.9. The molecule has 0 fully saturated rings. The molecule has 2 heterocycles. The summed E-state index contributed by atoms with van der Waals surface area (Å²) in [4.78, 5) is 26.6. The van der Waals surface area contributed by atoms with Crippen LogP contribution in [0.4, 0.5) is 0 Å². The molecule has 234 valence electrons. The number of amides is 2. The lowest BCUT2D eigenvalue weighted by Crippen LogP contribution is -2.51. The van der Waals surface area contributed by atoms with Crippen LogP contribution in [-0.4, -0.2) is 37.6 Å². The fourth-order valence-electron chi connectivity index (χ4n) is 4.72. The van der Waals surface area contributed by atoms with Crippen LogP contribution in [0.3, 0.4) is 0 Å². The van der Waals surface area contributed by atoms with Gasteiger partial charge in [-0.05, 0) is 28.6 Å². The summed E-state index contributed by atoms with van der Waals surface area (Å²) >= 11 is 6.92. The van der Waals surface area contributed by atoms with Gasteiger partial charge < -0.3 is 15.4 Å². The molecular formula is C32H54N2O3S4. The first-order valence-corrected chi connectivity index (χ1v) is 19.4. The maximum atomic E-state index is 12.9. The van der Waals surface area contributed by atoms with E-state index in [0.717, 1.165) is 24.2 Å². The molecule has 0 aromatic heterocycles. The zero-order valence-electron chi connectivity index (χ0n) is 25.7. The average Bonchev–Trinajstić information content (AvgIpc) is 3.68. The van der Waals surface area contributed by atoms with Crippen molar-refractivity contribution in [2.45, 2.75) is 130 Å². The smallest absolute Gasteiger partial charge is 0.246 e. The Morgan fingerprint density at radius 3 is 1.90 bits per heavy atom. The number of carbonyl (C=O) groups is 2. The summed E-state index contributed by atoms with van der Waals surface area (Å²) in [7, 11) is 0.